The number of thioether (sulfide) groups is 1. The van der Waals surface area contributed by atoms with Crippen molar-refractivity contribution < 1.29 is 23.8 Å². The van der Waals surface area contributed by atoms with E-state index in [0.717, 1.165) is 28.3 Å². The minimum absolute atomic E-state index is 0.173. The third-order valence-electron chi connectivity index (χ3n) is 4.87. The zero-order valence-electron chi connectivity index (χ0n) is 17.2. The third kappa shape index (κ3) is 4.51. The Bertz CT molecular complexity index is 1150. The summed E-state index contributed by atoms with van der Waals surface area (Å²) in [5.41, 5.74) is 0.716. The van der Waals surface area contributed by atoms with Crippen molar-refractivity contribution in [1.82, 2.24) is 4.90 Å². The van der Waals surface area contributed by atoms with Crippen LogP contribution in [-0.4, -0.2) is 43.4 Å². The molecule has 0 unspecified atom stereocenters. The zero-order valence-corrected chi connectivity index (χ0v) is 18.0. The van der Waals surface area contributed by atoms with Gasteiger partial charge < -0.3 is 14.2 Å². The number of carbonyl (C=O) groups is 2. The van der Waals surface area contributed by atoms with Crippen molar-refractivity contribution in [2.45, 2.75) is 0 Å². The normalized spacial score (nSPS) is 15.0. The third-order valence-corrected chi connectivity index (χ3v) is 5.77. The molecule has 0 N–H and O–H groups in total. The Hall–Kier alpha value is -3.45. The fourth-order valence-corrected chi connectivity index (χ4v) is 4.19. The fourth-order valence-electron chi connectivity index (χ4n) is 3.33. The lowest BCUT2D eigenvalue weighted by Crippen LogP contribution is -2.32. The van der Waals surface area contributed by atoms with E-state index in [1.54, 1.807) is 38.5 Å². The quantitative estimate of drug-likeness (QED) is 0.488. The molecular formula is C24H21NO5S. The van der Waals surface area contributed by atoms with Crippen molar-refractivity contribution in [3.05, 3.63) is 71.1 Å². The van der Waals surface area contributed by atoms with Crippen LogP contribution in [0.4, 0.5) is 4.79 Å². The molecule has 158 valence electrons. The Morgan fingerprint density at radius 1 is 0.935 bits per heavy atom. The molecule has 1 saturated heterocycles. The SMILES string of the molecule is COc1cc(/C=C2\SC(=O)N(CCOc3cccc4ccccc34)C2=O)cc(OC)c1. The average molecular weight is 436 g/mol. The van der Waals surface area contributed by atoms with Gasteiger partial charge >= 0.3 is 0 Å². The number of benzene rings is 3. The van der Waals surface area contributed by atoms with E-state index in [-0.39, 0.29) is 24.3 Å². The van der Waals surface area contributed by atoms with Gasteiger partial charge in [0.1, 0.15) is 23.9 Å². The van der Waals surface area contributed by atoms with Gasteiger partial charge in [0.05, 0.1) is 25.7 Å². The number of fused-ring (bicyclic) bond motifs is 1. The second-order valence-electron chi connectivity index (χ2n) is 6.81. The van der Waals surface area contributed by atoms with Gasteiger partial charge in [-0.15, -0.1) is 0 Å². The summed E-state index contributed by atoms with van der Waals surface area (Å²) < 4.78 is 16.4. The molecular weight excluding hydrogens is 414 g/mol. The smallest absolute Gasteiger partial charge is 0.293 e. The van der Waals surface area contributed by atoms with Crippen LogP contribution in [-0.2, 0) is 4.79 Å². The predicted octanol–water partition coefficient (Wildman–Crippen LogP) is 4.97. The van der Waals surface area contributed by atoms with E-state index in [1.807, 2.05) is 42.5 Å². The van der Waals surface area contributed by atoms with E-state index in [1.165, 1.54) is 4.90 Å². The Labute approximate surface area is 184 Å². The highest BCUT2D eigenvalue weighted by Gasteiger charge is 2.34. The molecule has 1 aliphatic heterocycles. The van der Waals surface area contributed by atoms with Crippen LogP contribution in [0.2, 0.25) is 0 Å². The molecule has 3 aromatic carbocycles. The highest BCUT2D eigenvalue weighted by atomic mass is 32.2. The first-order chi connectivity index (χ1) is 15.1. The molecule has 2 amide bonds. The molecule has 4 rings (SSSR count). The van der Waals surface area contributed by atoms with Crippen LogP contribution in [0.3, 0.4) is 0 Å². The van der Waals surface area contributed by atoms with Crippen LogP contribution in [0.5, 0.6) is 17.2 Å². The van der Waals surface area contributed by atoms with E-state index in [9.17, 15) is 9.59 Å². The van der Waals surface area contributed by atoms with Gasteiger partial charge in [0.15, 0.2) is 0 Å². The molecule has 7 heteroatoms. The minimum atomic E-state index is -0.335. The first-order valence-corrected chi connectivity index (χ1v) is 10.5. The van der Waals surface area contributed by atoms with Crippen LogP contribution in [0.15, 0.2) is 65.6 Å². The molecule has 0 aromatic heterocycles. The number of nitrogens with zero attached hydrogens (tertiary/aromatic N) is 1. The van der Waals surface area contributed by atoms with E-state index in [0.29, 0.717) is 22.0 Å². The van der Waals surface area contributed by atoms with E-state index < -0.39 is 0 Å². The number of amides is 2. The Kier molecular flexibility index (Phi) is 6.13. The first kappa shape index (κ1) is 20.8. The van der Waals surface area contributed by atoms with Gasteiger partial charge in [-0.25, -0.2) is 0 Å². The van der Waals surface area contributed by atoms with Gasteiger partial charge in [0.25, 0.3) is 11.1 Å². The topological polar surface area (TPSA) is 65.1 Å². The van der Waals surface area contributed by atoms with Crippen molar-refractivity contribution in [3.63, 3.8) is 0 Å². The summed E-state index contributed by atoms with van der Waals surface area (Å²) in [6.07, 6.45) is 1.67. The van der Waals surface area contributed by atoms with Gasteiger partial charge in [0.2, 0.25) is 0 Å². The summed E-state index contributed by atoms with van der Waals surface area (Å²) in [4.78, 5) is 26.8. The summed E-state index contributed by atoms with van der Waals surface area (Å²) in [5, 5.41) is 1.75. The second-order valence-corrected chi connectivity index (χ2v) is 7.80. The summed E-state index contributed by atoms with van der Waals surface area (Å²) in [5.74, 6) is 1.60. The number of carbonyl (C=O) groups excluding carboxylic acids is 2. The molecule has 31 heavy (non-hydrogen) atoms. The molecule has 0 aliphatic carbocycles. The van der Waals surface area contributed by atoms with Crippen LogP contribution in [0.1, 0.15) is 5.56 Å². The van der Waals surface area contributed by atoms with Crippen molar-refractivity contribution in [2.75, 3.05) is 27.4 Å². The highest BCUT2D eigenvalue weighted by Crippen LogP contribution is 2.34. The van der Waals surface area contributed by atoms with Crippen LogP contribution in [0.25, 0.3) is 16.8 Å². The second kappa shape index (κ2) is 9.14. The summed E-state index contributed by atoms with van der Waals surface area (Å²) in [7, 11) is 3.12. The lowest BCUT2D eigenvalue weighted by Gasteiger charge is -2.14. The lowest BCUT2D eigenvalue weighted by atomic mass is 10.1. The van der Waals surface area contributed by atoms with E-state index in [2.05, 4.69) is 0 Å². The first-order valence-electron chi connectivity index (χ1n) is 9.68. The molecule has 1 heterocycles. The number of rotatable bonds is 7. The molecule has 1 aliphatic rings. The predicted molar refractivity (Wildman–Crippen MR) is 122 cm³/mol. The average Bonchev–Trinajstić information content (AvgIpc) is 3.06. The van der Waals surface area contributed by atoms with Gasteiger partial charge in [0, 0.05) is 11.5 Å². The number of hydrogen-bond donors (Lipinski definition) is 0. The van der Waals surface area contributed by atoms with Crippen molar-refractivity contribution in [2.24, 2.45) is 0 Å². The summed E-state index contributed by atoms with van der Waals surface area (Å²) >= 11 is 0.914. The maximum atomic E-state index is 12.8. The molecule has 3 aromatic rings. The molecule has 0 saturated carbocycles. The van der Waals surface area contributed by atoms with E-state index in [4.69, 9.17) is 14.2 Å². The van der Waals surface area contributed by atoms with Gasteiger partial charge in [-0.2, -0.15) is 0 Å². The van der Waals surface area contributed by atoms with Crippen molar-refractivity contribution >= 4 is 39.8 Å². The molecule has 0 atom stereocenters. The Balaban J connectivity index is 1.46. The highest BCUT2D eigenvalue weighted by molar-refractivity contribution is 8.18. The summed E-state index contributed by atoms with van der Waals surface area (Å²) in [6.45, 7) is 0.388. The van der Waals surface area contributed by atoms with Crippen LogP contribution < -0.4 is 14.2 Å². The largest absolute Gasteiger partial charge is 0.497 e. The van der Waals surface area contributed by atoms with Crippen LogP contribution in [0, 0.1) is 0 Å². The minimum Gasteiger partial charge on any atom is -0.497 e. The monoisotopic (exact) mass is 435 g/mol. The maximum Gasteiger partial charge on any atom is 0.293 e. The number of hydrogen-bond acceptors (Lipinski definition) is 6. The molecule has 0 spiro atoms. The number of methoxy groups -OCH3 is 2. The standard InChI is InChI=1S/C24H21NO5S/c1-28-18-12-16(13-19(15-18)29-2)14-22-23(26)25(24(27)31-22)10-11-30-21-9-5-7-17-6-3-4-8-20(17)21/h3-9,12-15H,10-11H2,1-2H3/b22-14-. The number of imide groups is 1. The van der Waals surface area contributed by atoms with Crippen LogP contribution >= 0.6 is 11.8 Å². The molecule has 0 radical (unpaired) electrons. The maximum absolute atomic E-state index is 12.8. The van der Waals surface area contributed by atoms with E-state index >= 15 is 0 Å². The Morgan fingerprint density at radius 3 is 2.39 bits per heavy atom. The molecule has 6 nitrogen and oxygen atoms in total. The Morgan fingerprint density at radius 2 is 1.65 bits per heavy atom. The summed E-state index contributed by atoms with van der Waals surface area (Å²) in [6, 6.07) is 19.0. The van der Waals surface area contributed by atoms with Crippen molar-refractivity contribution in [1.29, 1.82) is 0 Å². The fraction of sp³-hybridized carbons (Fsp3) is 0.167. The van der Waals surface area contributed by atoms with Crippen molar-refractivity contribution in [3.8, 4) is 17.2 Å². The van der Waals surface area contributed by atoms with Gasteiger partial charge in [-0.05, 0) is 47.0 Å². The van der Waals surface area contributed by atoms with Gasteiger partial charge in [-0.3, -0.25) is 14.5 Å². The molecule has 0 bridgehead atoms. The van der Waals surface area contributed by atoms with Gasteiger partial charge in [-0.1, -0.05) is 36.4 Å². The molecule has 1 fully saturated rings. The lowest BCUT2D eigenvalue weighted by molar-refractivity contribution is -0.123. The number of ether oxygens (including phenoxy) is 3. The zero-order chi connectivity index (χ0) is 21.8.